The fraction of sp³-hybridized carbons (Fsp3) is 0.538. The molecule has 3 N–H and O–H groups in total. The molecule has 1 heterocycles. The Morgan fingerprint density at radius 1 is 1.35 bits per heavy atom. The molecule has 0 unspecified atom stereocenters. The van der Waals surface area contributed by atoms with E-state index in [1.165, 1.54) is 6.92 Å². The number of hydrogen-bond donors (Lipinski definition) is 3. The highest BCUT2D eigenvalue weighted by molar-refractivity contribution is 7.46. The average Bonchev–Trinajstić information content (AvgIpc) is 2.47. The number of hydrogen-bond acceptors (Lipinski definition) is 7. The van der Waals surface area contributed by atoms with Gasteiger partial charge in [0.2, 0.25) is 0 Å². The lowest BCUT2D eigenvalue weighted by Crippen LogP contribution is -2.01. The van der Waals surface area contributed by atoms with Gasteiger partial charge in [0.1, 0.15) is 5.75 Å². The van der Waals surface area contributed by atoms with Crippen LogP contribution in [-0.4, -0.2) is 32.7 Å². The van der Waals surface area contributed by atoms with E-state index in [0.717, 1.165) is 19.3 Å². The van der Waals surface area contributed by atoms with Gasteiger partial charge in [-0.15, -0.1) is 5.11 Å². The monoisotopic (exact) mass is 345 g/mol. The number of phosphoric acid groups is 1. The van der Waals surface area contributed by atoms with E-state index in [4.69, 9.17) is 9.79 Å². The number of azo groups is 1. The van der Waals surface area contributed by atoms with Crippen molar-refractivity contribution >= 4 is 19.9 Å². The summed E-state index contributed by atoms with van der Waals surface area (Å²) in [6, 6.07) is 0. The first-order valence-electron chi connectivity index (χ1n) is 7.05. The Kier molecular flexibility index (Phi) is 7.44. The molecule has 10 heteroatoms. The first-order valence-corrected chi connectivity index (χ1v) is 8.58. The molecule has 0 saturated heterocycles. The van der Waals surface area contributed by atoms with Gasteiger partial charge in [0.25, 0.3) is 0 Å². The Bertz CT molecular complexity index is 629. The van der Waals surface area contributed by atoms with Crippen molar-refractivity contribution in [1.29, 1.82) is 0 Å². The highest BCUT2D eigenvalue weighted by Gasteiger charge is 2.21. The molecule has 0 amide bonds. The van der Waals surface area contributed by atoms with Gasteiger partial charge in [-0.25, -0.2) is 9.55 Å². The zero-order chi connectivity index (χ0) is 17.5. The highest BCUT2D eigenvalue weighted by Crippen LogP contribution is 2.39. The molecule has 1 aromatic heterocycles. The topological polar surface area (TPSA) is 142 Å². The van der Waals surface area contributed by atoms with Crippen LogP contribution in [-0.2, 0) is 15.7 Å². The predicted molar refractivity (Wildman–Crippen MR) is 81.8 cm³/mol. The second-order valence-corrected chi connectivity index (χ2v) is 6.06. The molecule has 0 aliphatic heterocycles. The van der Waals surface area contributed by atoms with Gasteiger partial charge in [-0.05, 0) is 13.3 Å². The van der Waals surface area contributed by atoms with Crippen molar-refractivity contribution in [1.82, 2.24) is 4.98 Å². The van der Waals surface area contributed by atoms with Crippen LogP contribution in [0.4, 0.5) is 5.82 Å². The first kappa shape index (κ1) is 19.4. The van der Waals surface area contributed by atoms with Crippen molar-refractivity contribution in [3.8, 4) is 5.75 Å². The molecule has 23 heavy (non-hydrogen) atoms. The van der Waals surface area contributed by atoms with Crippen LogP contribution in [0.25, 0.3) is 0 Å². The van der Waals surface area contributed by atoms with Crippen LogP contribution in [0.2, 0.25) is 0 Å². The van der Waals surface area contributed by atoms with Gasteiger partial charge in [0, 0.05) is 5.56 Å². The number of phosphoric ester groups is 1. The molecule has 128 valence electrons. The number of pyridine rings is 1. The molecule has 0 bridgehead atoms. The largest absolute Gasteiger partial charge is 0.505 e. The van der Waals surface area contributed by atoms with E-state index in [1.54, 1.807) is 0 Å². The number of aldehydes is 1. The number of aromatic nitrogens is 1. The van der Waals surface area contributed by atoms with Crippen LogP contribution in [0.5, 0.6) is 5.75 Å². The number of unbranched alkanes of at least 4 members (excludes halogenated alkanes) is 2. The van der Waals surface area contributed by atoms with E-state index >= 15 is 0 Å². The molecule has 0 spiro atoms. The van der Waals surface area contributed by atoms with E-state index < -0.39 is 14.4 Å². The van der Waals surface area contributed by atoms with E-state index in [-0.39, 0.29) is 28.4 Å². The van der Waals surface area contributed by atoms with Crippen LogP contribution in [0.15, 0.2) is 10.2 Å². The molecule has 1 aromatic rings. The van der Waals surface area contributed by atoms with Crippen molar-refractivity contribution in [2.24, 2.45) is 10.2 Å². The van der Waals surface area contributed by atoms with Gasteiger partial charge >= 0.3 is 7.82 Å². The van der Waals surface area contributed by atoms with Crippen LogP contribution >= 0.6 is 7.82 Å². The van der Waals surface area contributed by atoms with Gasteiger partial charge in [0.15, 0.2) is 12.1 Å². The number of carbonyl (C=O) groups is 1. The summed E-state index contributed by atoms with van der Waals surface area (Å²) in [6.07, 6.45) is 3.22. The van der Waals surface area contributed by atoms with Gasteiger partial charge in [-0.1, -0.05) is 19.8 Å². The highest BCUT2D eigenvalue weighted by atomic mass is 31.2. The first-order chi connectivity index (χ1) is 10.8. The number of aromatic hydroxyl groups is 1. The molecule has 9 nitrogen and oxygen atoms in total. The van der Waals surface area contributed by atoms with Gasteiger partial charge in [-0.2, -0.15) is 5.11 Å². The molecule has 1 rings (SSSR count). The fourth-order valence-corrected chi connectivity index (χ4v) is 2.08. The maximum atomic E-state index is 11.2. The van der Waals surface area contributed by atoms with Gasteiger partial charge < -0.3 is 14.9 Å². The predicted octanol–water partition coefficient (Wildman–Crippen LogP) is 2.79. The molecular formula is C13H20N3O6P. The quantitative estimate of drug-likeness (QED) is 0.270. The lowest BCUT2D eigenvalue weighted by atomic mass is 10.1. The average molecular weight is 345 g/mol. The summed E-state index contributed by atoms with van der Waals surface area (Å²) in [7, 11) is -4.75. The fourth-order valence-electron chi connectivity index (χ4n) is 1.79. The summed E-state index contributed by atoms with van der Waals surface area (Å²) < 4.78 is 15.2. The van der Waals surface area contributed by atoms with Crippen LogP contribution in [0, 0.1) is 6.92 Å². The molecule has 0 fully saturated rings. The molecule has 0 radical (unpaired) electrons. The molecule has 0 aromatic carbocycles. The number of rotatable bonds is 9. The maximum absolute atomic E-state index is 11.2. The molecule has 0 saturated carbocycles. The summed E-state index contributed by atoms with van der Waals surface area (Å²) in [6.45, 7) is 3.37. The number of nitrogens with zero attached hydrogens (tertiary/aromatic N) is 3. The van der Waals surface area contributed by atoms with Crippen molar-refractivity contribution in [2.45, 2.75) is 39.7 Å². The van der Waals surface area contributed by atoms with E-state index in [1.807, 2.05) is 0 Å². The summed E-state index contributed by atoms with van der Waals surface area (Å²) in [5.41, 5.74) is -0.0336. The van der Waals surface area contributed by atoms with Gasteiger partial charge in [-0.3, -0.25) is 9.32 Å². The van der Waals surface area contributed by atoms with Crippen molar-refractivity contribution in [2.75, 3.05) is 6.54 Å². The maximum Gasteiger partial charge on any atom is 0.469 e. The summed E-state index contributed by atoms with van der Waals surface area (Å²) in [5.74, 6) is -0.387. The zero-order valence-electron chi connectivity index (χ0n) is 13.0. The summed E-state index contributed by atoms with van der Waals surface area (Å²) >= 11 is 0. The second kappa shape index (κ2) is 8.83. The second-order valence-electron chi connectivity index (χ2n) is 4.82. The Morgan fingerprint density at radius 3 is 2.61 bits per heavy atom. The van der Waals surface area contributed by atoms with Crippen LogP contribution < -0.4 is 0 Å². The molecular weight excluding hydrogens is 325 g/mol. The minimum absolute atomic E-state index is 0.00708. The minimum atomic E-state index is -4.75. The molecule has 0 atom stereocenters. The lowest BCUT2D eigenvalue weighted by molar-refractivity contribution is 0.111. The Labute approximate surface area is 133 Å². The van der Waals surface area contributed by atoms with Crippen molar-refractivity contribution < 1.29 is 28.8 Å². The third-order valence-electron chi connectivity index (χ3n) is 2.99. The van der Waals surface area contributed by atoms with Gasteiger partial charge in [0.05, 0.1) is 24.4 Å². The lowest BCUT2D eigenvalue weighted by Gasteiger charge is -2.12. The Hall–Kier alpha value is -1.67. The third-order valence-corrected chi connectivity index (χ3v) is 3.45. The smallest absolute Gasteiger partial charge is 0.469 e. The summed E-state index contributed by atoms with van der Waals surface area (Å²) in [5, 5.41) is 17.7. The van der Waals surface area contributed by atoms with Crippen LogP contribution in [0.3, 0.4) is 0 Å². The SMILES string of the molecule is CCCCCN=Nc1nc(C)c(O)c(C=O)c1COP(=O)(O)O. The standard InChI is InChI=1S/C13H20N3O6P/c1-3-4-5-6-14-16-13-11(8-22-23(19,20)21)10(7-17)12(18)9(2)15-13/h7,18H,3-6,8H2,1-2H3,(H2,19,20,21). The number of aryl methyl sites for hydroxylation is 1. The van der Waals surface area contributed by atoms with Crippen molar-refractivity contribution in [3.05, 3.63) is 16.8 Å². The van der Waals surface area contributed by atoms with Crippen molar-refractivity contribution in [3.63, 3.8) is 0 Å². The Morgan fingerprint density at radius 2 is 2.04 bits per heavy atom. The minimum Gasteiger partial charge on any atom is -0.505 e. The number of carbonyl (C=O) groups excluding carboxylic acids is 1. The molecule has 0 aliphatic rings. The van der Waals surface area contributed by atoms with E-state index in [0.29, 0.717) is 12.8 Å². The van der Waals surface area contributed by atoms with E-state index in [2.05, 4.69) is 26.7 Å². The third kappa shape index (κ3) is 6.15. The van der Waals surface area contributed by atoms with Crippen LogP contribution in [0.1, 0.15) is 47.8 Å². The molecule has 0 aliphatic carbocycles. The normalized spacial score (nSPS) is 12.0. The Balaban J connectivity index is 3.13. The summed E-state index contributed by atoms with van der Waals surface area (Å²) in [4.78, 5) is 32.8. The zero-order valence-corrected chi connectivity index (χ0v) is 13.9. The van der Waals surface area contributed by atoms with E-state index in [9.17, 15) is 14.5 Å².